The monoisotopic (exact) mass is 300 g/mol. The molecule has 2 rings (SSSR count). The van der Waals surface area contributed by atoms with E-state index in [1.165, 1.54) is 6.08 Å². The number of carbonyl (C=O) groups excluding carboxylic acids is 2. The summed E-state index contributed by atoms with van der Waals surface area (Å²) >= 11 is 1.06. The average Bonchev–Trinajstić information content (AvgIpc) is 2.93. The van der Waals surface area contributed by atoms with Crippen LogP contribution in [0.1, 0.15) is 5.56 Å². The Balaban J connectivity index is 1.92. The molecule has 21 heavy (non-hydrogen) atoms. The van der Waals surface area contributed by atoms with Gasteiger partial charge < -0.3 is 9.47 Å². The number of thiophene rings is 1. The molecular weight excluding hydrogens is 288 g/mol. The first kappa shape index (κ1) is 14.7. The number of hydrogen-bond acceptors (Lipinski definition) is 5. The van der Waals surface area contributed by atoms with Gasteiger partial charge in [0.05, 0.1) is 0 Å². The second-order valence-corrected chi connectivity index (χ2v) is 4.87. The molecule has 4 nitrogen and oxygen atoms in total. The molecule has 0 atom stereocenters. The van der Waals surface area contributed by atoms with Gasteiger partial charge in [-0.3, -0.25) is 0 Å². The third kappa shape index (κ3) is 4.74. The molecule has 0 N–H and O–H groups in total. The minimum absolute atomic E-state index is 0.342. The van der Waals surface area contributed by atoms with Crippen LogP contribution >= 0.6 is 11.3 Å². The van der Waals surface area contributed by atoms with Crippen molar-refractivity contribution in [2.75, 3.05) is 0 Å². The summed E-state index contributed by atoms with van der Waals surface area (Å²) in [5, 5.41) is 0.694. The Labute approximate surface area is 125 Å². The number of rotatable bonds is 5. The highest BCUT2D eigenvalue weighted by Gasteiger charge is 2.07. The fourth-order valence-corrected chi connectivity index (χ4v) is 2.13. The summed E-state index contributed by atoms with van der Waals surface area (Å²) < 4.78 is 10.0. The zero-order valence-electron chi connectivity index (χ0n) is 11.0. The van der Waals surface area contributed by atoms with E-state index >= 15 is 0 Å². The Morgan fingerprint density at radius 3 is 2.19 bits per heavy atom. The summed E-state index contributed by atoms with van der Waals surface area (Å²) in [4.78, 5) is 22.7. The van der Waals surface area contributed by atoms with Gasteiger partial charge in [-0.15, -0.1) is 0 Å². The molecule has 5 heteroatoms. The second kappa shape index (κ2) is 7.21. The fraction of sp³-hybridized carbons (Fsp3) is 0. The number of esters is 2. The van der Waals surface area contributed by atoms with Gasteiger partial charge in [0.2, 0.25) is 0 Å². The summed E-state index contributed by atoms with van der Waals surface area (Å²) in [7, 11) is 0. The first-order chi connectivity index (χ1) is 10.2. The fourth-order valence-electron chi connectivity index (χ4n) is 1.42. The smallest absolute Gasteiger partial charge is 0.336 e. The first-order valence-electron chi connectivity index (χ1n) is 6.06. The van der Waals surface area contributed by atoms with Gasteiger partial charge in [-0.25, -0.2) is 9.59 Å². The molecule has 0 fully saturated rings. The highest BCUT2D eigenvalue weighted by atomic mass is 32.1. The van der Waals surface area contributed by atoms with Crippen LogP contribution in [0.4, 0.5) is 0 Å². The number of benzene rings is 1. The maximum Gasteiger partial charge on any atom is 0.336 e. The molecule has 1 aromatic heterocycles. The summed E-state index contributed by atoms with van der Waals surface area (Å²) in [6.45, 7) is 3.30. The minimum atomic E-state index is -0.557. The van der Waals surface area contributed by atoms with Gasteiger partial charge in [-0.2, -0.15) is 0 Å². The Hall–Kier alpha value is -2.66. The van der Waals surface area contributed by atoms with E-state index in [1.54, 1.807) is 18.2 Å². The van der Waals surface area contributed by atoms with E-state index in [4.69, 9.17) is 9.47 Å². The Bertz CT molecular complexity index is 671. The van der Waals surface area contributed by atoms with Gasteiger partial charge in [-0.05, 0) is 23.8 Å². The number of ether oxygens (including phenoxy) is 2. The third-order valence-electron chi connectivity index (χ3n) is 2.34. The number of carbonyl (C=O) groups is 2. The van der Waals surface area contributed by atoms with E-state index in [1.807, 2.05) is 30.3 Å². The van der Waals surface area contributed by atoms with Crippen LogP contribution in [-0.4, -0.2) is 11.9 Å². The van der Waals surface area contributed by atoms with Crippen LogP contribution < -0.4 is 9.47 Å². The highest BCUT2D eigenvalue weighted by molar-refractivity contribution is 7.15. The lowest BCUT2D eigenvalue weighted by molar-refractivity contribution is -0.129. The molecule has 0 aliphatic carbocycles. The van der Waals surface area contributed by atoms with Crippen molar-refractivity contribution in [3.05, 3.63) is 66.8 Å². The highest BCUT2D eigenvalue weighted by Crippen LogP contribution is 2.31. The van der Waals surface area contributed by atoms with Crippen LogP contribution in [0.2, 0.25) is 0 Å². The van der Waals surface area contributed by atoms with Crippen LogP contribution in [0.5, 0.6) is 10.1 Å². The van der Waals surface area contributed by atoms with Crippen molar-refractivity contribution in [1.29, 1.82) is 0 Å². The average molecular weight is 300 g/mol. The zero-order valence-corrected chi connectivity index (χ0v) is 11.8. The second-order valence-electron chi connectivity index (χ2n) is 3.86. The largest absolute Gasteiger partial charge is 0.412 e. The van der Waals surface area contributed by atoms with Crippen LogP contribution in [0, 0.1) is 0 Å². The van der Waals surface area contributed by atoms with Crippen LogP contribution in [-0.2, 0) is 9.59 Å². The lowest BCUT2D eigenvalue weighted by Gasteiger charge is -1.97. The van der Waals surface area contributed by atoms with Gasteiger partial charge >= 0.3 is 11.9 Å². The predicted octanol–water partition coefficient (Wildman–Crippen LogP) is 3.46. The number of hydrogen-bond donors (Lipinski definition) is 0. The van der Waals surface area contributed by atoms with Gasteiger partial charge in [0.15, 0.2) is 10.1 Å². The Morgan fingerprint density at radius 2 is 1.57 bits per heavy atom. The normalized spacial score (nSPS) is 10.3. The molecule has 1 heterocycles. The van der Waals surface area contributed by atoms with Crippen molar-refractivity contribution in [2.45, 2.75) is 0 Å². The van der Waals surface area contributed by atoms with E-state index in [9.17, 15) is 9.59 Å². The Kier molecular flexibility index (Phi) is 5.06. The molecule has 0 aliphatic rings. The van der Waals surface area contributed by atoms with E-state index in [2.05, 4.69) is 6.58 Å². The summed E-state index contributed by atoms with van der Waals surface area (Å²) in [5.41, 5.74) is 0.904. The molecule has 0 saturated heterocycles. The van der Waals surface area contributed by atoms with Crippen molar-refractivity contribution in [1.82, 2.24) is 0 Å². The molecule has 0 aliphatic heterocycles. The van der Waals surface area contributed by atoms with Crippen molar-refractivity contribution in [3.63, 3.8) is 0 Å². The Morgan fingerprint density at radius 1 is 0.952 bits per heavy atom. The van der Waals surface area contributed by atoms with Crippen LogP contribution in [0.3, 0.4) is 0 Å². The molecule has 0 unspecified atom stereocenters. The predicted molar refractivity (Wildman–Crippen MR) is 81.3 cm³/mol. The summed E-state index contributed by atoms with van der Waals surface area (Å²) in [6, 6.07) is 12.5. The molecular formula is C16H12O4S. The van der Waals surface area contributed by atoms with Crippen molar-refractivity contribution >= 4 is 29.4 Å². The minimum Gasteiger partial charge on any atom is -0.412 e. The van der Waals surface area contributed by atoms with E-state index in [0.29, 0.717) is 10.1 Å². The van der Waals surface area contributed by atoms with Gasteiger partial charge in [-0.1, -0.05) is 48.2 Å². The maximum atomic E-state index is 11.6. The topological polar surface area (TPSA) is 52.6 Å². The van der Waals surface area contributed by atoms with Gasteiger partial charge in [0.1, 0.15) is 0 Å². The van der Waals surface area contributed by atoms with Crippen molar-refractivity contribution in [3.8, 4) is 10.1 Å². The lowest BCUT2D eigenvalue weighted by Crippen LogP contribution is -2.02. The van der Waals surface area contributed by atoms with E-state index in [0.717, 1.165) is 23.0 Å². The summed E-state index contributed by atoms with van der Waals surface area (Å²) in [6.07, 6.45) is 4.06. The molecule has 0 radical (unpaired) electrons. The molecule has 0 saturated carbocycles. The van der Waals surface area contributed by atoms with Crippen LogP contribution in [0.15, 0.2) is 61.2 Å². The lowest BCUT2D eigenvalue weighted by atomic mass is 10.2. The van der Waals surface area contributed by atoms with Gasteiger partial charge in [0.25, 0.3) is 0 Å². The molecule has 0 spiro atoms. The molecule has 106 valence electrons. The quantitative estimate of drug-likeness (QED) is 0.627. The standard InChI is InChI=1S/C16H12O4S/c1-2-13(17)19-15-10-11-16(21-15)20-14(18)9-8-12-6-4-3-5-7-12/h2-11H,1H2/b9-8+. The van der Waals surface area contributed by atoms with Crippen LogP contribution in [0.25, 0.3) is 6.08 Å². The molecule has 2 aromatic rings. The molecule has 0 bridgehead atoms. The summed E-state index contributed by atoms with van der Waals surface area (Å²) in [5.74, 6) is -1.05. The maximum absolute atomic E-state index is 11.6. The van der Waals surface area contributed by atoms with E-state index < -0.39 is 11.9 Å². The zero-order chi connectivity index (χ0) is 15.1. The van der Waals surface area contributed by atoms with Crippen molar-refractivity contribution < 1.29 is 19.1 Å². The SMILES string of the molecule is C=CC(=O)Oc1ccc(OC(=O)/C=C/c2ccccc2)s1. The van der Waals surface area contributed by atoms with E-state index in [-0.39, 0.29) is 0 Å². The van der Waals surface area contributed by atoms with Crippen molar-refractivity contribution in [2.24, 2.45) is 0 Å². The van der Waals surface area contributed by atoms with Gasteiger partial charge in [0, 0.05) is 12.2 Å². The first-order valence-corrected chi connectivity index (χ1v) is 6.88. The molecule has 0 amide bonds. The molecule has 1 aromatic carbocycles. The third-order valence-corrected chi connectivity index (χ3v) is 3.18.